The number of esters is 1. The number of unbranched alkanes of at least 4 members (excludes halogenated alkanes) is 21. The molecule has 370 valence electrons. The van der Waals surface area contributed by atoms with Crippen LogP contribution in [0.4, 0.5) is 0 Å². The quantitative estimate of drug-likeness (QED) is 0.0191. The van der Waals surface area contributed by atoms with Gasteiger partial charge in [0.15, 0.2) is 12.6 Å². The highest BCUT2D eigenvalue weighted by molar-refractivity contribution is 5.69. The number of ether oxygens (including phenoxy) is 6. The molecule has 2 aliphatic heterocycles. The maximum absolute atomic E-state index is 13.0. The summed E-state index contributed by atoms with van der Waals surface area (Å²) in [6.07, 6.45) is 22.4. The van der Waals surface area contributed by atoms with Crippen LogP contribution < -0.4 is 0 Å². The molecule has 0 saturated carbocycles. The second-order valence-corrected chi connectivity index (χ2v) is 17.6. The molecule has 2 fully saturated rings. The lowest BCUT2D eigenvalue weighted by Crippen LogP contribution is -2.61. The lowest BCUT2D eigenvalue weighted by molar-refractivity contribution is -0.332. The molecular weight excluding hydrogens is 813 g/mol. The average molecular weight is 903 g/mol. The summed E-state index contributed by atoms with van der Waals surface area (Å²) < 4.78 is 34.2. The summed E-state index contributed by atoms with van der Waals surface area (Å²) in [5.74, 6) is -0.380. The highest BCUT2D eigenvalue weighted by Gasteiger charge is 2.47. The van der Waals surface area contributed by atoms with Crippen molar-refractivity contribution < 1.29 is 69.0 Å². The Balaban J connectivity index is 1.75. The first-order chi connectivity index (χ1) is 30.6. The number of aliphatic hydroxyl groups is 7. The van der Waals surface area contributed by atoms with Crippen LogP contribution in [0.1, 0.15) is 181 Å². The first kappa shape index (κ1) is 57.6. The molecule has 7 N–H and O–H groups in total. The van der Waals surface area contributed by atoms with E-state index >= 15 is 0 Å². The molecule has 2 aliphatic rings. The molecule has 11 unspecified atom stereocenters. The van der Waals surface area contributed by atoms with Gasteiger partial charge in [0.2, 0.25) is 0 Å². The summed E-state index contributed by atoms with van der Waals surface area (Å²) in [5, 5.41) is 72.0. The van der Waals surface area contributed by atoms with E-state index in [0.29, 0.717) is 13.0 Å². The van der Waals surface area contributed by atoms with E-state index in [2.05, 4.69) is 38.2 Å². The van der Waals surface area contributed by atoms with E-state index in [9.17, 15) is 40.5 Å². The summed E-state index contributed by atoms with van der Waals surface area (Å²) in [5.41, 5.74) is 0. The molecule has 0 aromatic heterocycles. The Bertz CT molecular complexity index is 1140. The number of hydrogen-bond donors (Lipinski definition) is 7. The van der Waals surface area contributed by atoms with Crippen LogP contribution in [0.15, 0.2) is 24.3 Å². The normalized spacial score (nSPS) is 27.1. The van der Waals surface area contributed by atoms with E-state index < -0.39 is 80.7 Å². The third-order valence-corrected chi connectivity index (χ3v) is 12.0. The highest BCUT2D eigenvalue weighted by Crippen LogP contribution is 2.26. The van der Waals surface area contributed by atoms with E-state index in [1.165, 1.54) is 103 Å². The van der Waals surface area contributed by atoms with Crippen LogP contribution >= 0.6 is 0 Å². The fraction of sp³-hybridized carbons (Fsp3) is 0.898. The van der Waals surface area contributed by atoms with E-state index in [4.69, 9.17) is 28.4 Å². The molecule has 14 nitrogen and oxygen atoms in total. The van der Waals surface area contributed by atoms with Crippen molar-refractivity contribution in [1.29, 1.82) is 0 Å². The zero-order chi connectivity index (χ0) is 45.9. The zero-order valence-corrected chi connectivity index (χ0v) is 39.1. The molecule has 11 atom stereocenters. The van der Waals surface area contributed by atoms with Gasteiger partial charge in [-0.1, -0.05) is 154 Å². The number of aliphatic hydroxyl groups excluding tert-OH is 7. The molecule has 0 aliphatic carbocycles. The molecule has 0 aromatic rings. The molecule has 2 saturated heterocycles. The van der Waals surface area contributed by atoms with Crippen molar-refractivity contribution in [1.82, 2.24) is 0 Å². The van der Waals surface area contributed by atoms with Gasteiger partial charge in [0.25, 0.3) is 0 Å². The van der Waals surface area contributed by atoms with E-state index in [1.807, 2.05) is 0 Å². The summed E-state index contributed by atoms with van der Waals surface area (Å²) in [7, 11) is 0. The summed E-state index contributed by atoms with van der Waals surface area (Å²) in [6.45, 7) is 3.65. The fourth-order valence-electron chi connectivity index (χ4n) is 7.84. The number of rotatable bonds is 39. The van der Waals surface area contributed by atoms with Crippen molar-refractivity contribution in [3.05, 3.63) is 24.3 Å². The molecule has 14 heteroatoms. The van der Waals surface area contributed by atoms with Gasteiger partial charge in [-0.25, -0.2) is 0 Å². The second-order valence-electron chi connectivity index (χ2n) is 17.6. The molecule has 2 rings (SSSR count). The maximum Gasteiger partial charge on any atom is 0.306 e. The van der Waals surface area contributed by atoms with Gasteiger partial charge in [0.05, 0.1) is 26.4 Å². The van der Waals surface area contributed by atoms with Crippen LogP contribution in [0.25, 0.3) is 0 Å². The molecule has 0 amide bonds. The zero-order valence-electron chi connectivity index (χ0n) is 39.1. The maximum atomic E-state index is 13.0. The van der Waals surface area contributed by atoms with Gasteiger partial charge in [0.1, 0.15) is 54.9 Å². The van der Waals surface area contributed by atoms with E-state index in [1.54, 1.807) is 0 Å². The van der Waals surface area contributed by atoms with Crippen LogP contribution in [-0.4, -0.2) is 142 Å². The lowest BCUT2D eigenvalue weighted by atomic mass is 9.98. The molecule has 0 aromatic carbocycles. The highest BCUT2D eigenvalue weighted by atomic mass is 16.7. The minimum atomic E-state index is -1.70. The predicted octanol–water partition coefficient (Wildman–Crippen LogP) is 6.85. The first-order valence-electron chi connectivity index (χ1n) is 24.9. The van der Waals surface area contributed by atoms with Gasteiger partial charge < -0.3 is 64.2 Å². The van der Waals surface area contributed by atoms with Gasteiger partial charge in [-0.05, 0) is 44.9 Å². The van der Waals surface area contributed by atoms with Gasteiger partial charge in [-0.2, -0.15) is 0 Å². The van der Waals surface area contributed by atoms with Crippen LogP contribution in [0.2, 0.25) is 0 Å². The molecule has 0 radical (unpaired) electrons. The predicted molar refractivity (Wildman–Crippen MR) is 243 cm³/mol. The Hall–Kier alpha value is -1.53. The van der Waals surface area contributed by atoms with Gasteiger partial charge in [-0.15, -0.1) is 0 Å². The molecule has 0 spiro atoms. The second kappa shape index (κ2) is 37.5. The first-order valence-corrected chi connectivity index (χ1v) is 24.9. The van der Waals surface area contributed by atoms with Crippen LogP contribution in [0.5, 0.6) is 0 Å². The Labute approximate surface area is 379 Å². The summed E-state index contributed by atoms with van der Waals surface area (Å²) in [4.78, 5) is 13.0. The SMILES string of the molecule is CCCCC/C=C\C/C=C\CCCCCCCCCCCC(=O)OC(COCCCCCCCCCCCC)COC1OC(COC2OC(CO)C(O)C(O)C2O)C(O)C(O)C1O. The standard InChI is InChI=1S/C49H90O14/c1-3-5-7-9-11-13-15-16-17-18-19-20-21-22-23-24-26-28-30-32-41(51)61-38(35-58-33-31-29-27-25-14-12-10-8-6-4-2)36-59-48-47(57)45(55)43(53)40(63-48)37-60-49-46(56)44(54)42(52)39(34-50)62-49/h11,13,16-17,38-40,42-50,52-57H,3-10,12,14-15,18-37H2,1-2H3/b13-11-,17-16-. The third-order valence-electron chi connectivity index (χ3n) is 12.0. The van der Waals surface area contributed by atoms with Crippen LogP contribution in [-0.2, 0) is 33.2 Å². The van der Waals surface area contributed by atoms with Gasteiger partial charge >= 0.3 is 5.97 Å². The Morgan fingerprint density at radius 3 is 1.56 bits per heavy atom. The van der Waals surface area contributed by atoms with E-state index in [-0.39, 0.29) is 25.6 Å². The molecule has 63 heavy (non-hydrogen) atoms. The number of allylic oxidation sites excluding steroid dienone is 4. The van der Waals surface area contributed by atoms with Crippen molar-refractivity contribution >= 4 is 5.97 Å². The number of carbonyl (C=O) groups excluding carboxylic acids is 1. The smallest absolute Gasteiger partial charge is 0.306 e. The van der Waals surface area contributed by atoms with Crippen molar-refractivity contribution in [2.75, 3.05) is 33.0 Å². The number of carbonyl (C=O) groups is 1. The van der Waals surface area contributed by atoms with Crippen LogP contribution in [0.3, 0.4) is 0 Å². The molecule has 0 bridgehead atoms. The minimum absolute atomic E-state index is 0.0631. The number of hydrogen-bond acceptors (Lipinski definition) is 14. The largest absolute Gasteiger partial charge is 0.457 e. The Kier molecular flexibility index (Phi) is 34.3. The average Bonchev–Trinajstić information content (AvgIpc) is 3.28. The van der Waals surface area contributed by atoms with Gasteiger partial charge in [0, 0.05) is 13.0 Å². The van der Waals surface area contributed by atoms with Crippen molar-refractivity contribution in [2.45, 2.75) is 248 Å². The van der Waals surface area contributed by atoms with Crippen molar-refractivity contribution in [3.63, 3.8) is 0 Å². The molecular formula is C49H90O14. The Morgan fingerprint density at radius 1 is 0.524 bits per heavy atom. The van der Waals surface area contributed by atoms with Crippen molar-refractivity contribution in [2.24, 2.45) is 0 Å². The van der Waals surface area contributed by atoms with Crippen LogP contribution in [0, 0.1) is 0 Å². The van der Waals surface area contributed by atoms with Gasteiger partial charge in [-0.3, -0.25) is 4.79 Å². The monoisotopic (exact) mass is 903 g/mol. The topological polar surface area (TPSA) is 214 Å². The van der Waals surface area contributed by atoms with Crippen molar-refractivity contribution in [3.8, 4) is 0 Å². The fourth-order valence-corrected chi connectivity index (χ4v) is 7.84. The lowest BCUT2D eigenvalue weighted by Gasteiger charge is -2.42. The summed E-state index contributed by atoms with van der Waals surface area (Å²) >= 11 is 0. The third kappa shape index (κ3) is 25.8. The molecule has 2 heterocycles. The minimum Gasteiger partial charge on any atom is -0.457 e. The van der Waals surface area contributed by atoms with E-state index in [0.717, 1.165) is 51.4 Å². The Morgan fingerprint density at radius 2 is 0.984 bits per heavy atom. The summed E-state index contributed by atoms with van der Waals surface area (Å²) in [6, 6.07) is 0.